The predicted octanol–water partition coefficient (Wildman–Crippen LogP) is 3.94. The highest BCUT2D eigenvalue weighted by Gasteiger charge is 2.22. The van der Waals surface area contributed by atoms with Crippen molar-refractivity contribution >= 4 is 23.6 Å². The van der Waals surface area contributed by atoms with Crippen LogP contribution in [0.2, 0.25) is 0 Å². The number of amides is 2. The van der Waals surface area contributed by atoms with Gasteiger partial charge < -0.3 is 29.6 Å². The molecule has 2 N–H and O–H groups in total. The molecule has 0 radical (unpaired) electrons. The molecule has 0 saturated carbocycles. The fourth-order valence-corrected chi connectivity index (χ4v) is 3.36. The van der Waals surface area contributed by atoms with E-state index in [1.807, 2.05) is 6.07 Å². The first kappa shape index (κ1) is 22.7. The van der Waals surface area contributed by atoms with E-state index in [0.29, 0.717) is 34.2 Å². The standard InChI is InChI=1S/C26H24N2O6/c1-31-20-9-5-18(6-10-20)25(26(30)27-19-7-11-21(32-2)12-8-19)28-24(29)14-4-17-3-13-22-23(15-17)34-16-33-22/h3-15,25H,16H2,1-2H3,(H,27,30)(H,28,29). The predicted molar refractivity (Wildman–Crippen MR) is 127 cm³/mol. The van der Waals surface area contributed by atoms with Gasteiger partial charge in [0.25, 0.3) is 5.91 Å². The van der Waals surface area contributed by atoms with E-state index >= 15 is 0 Å². The number of hydrogen-bond donors (Lipinski definition) is 2. The normalized spacial score (nSPS) is 12.8. The van der Waals surface area contributed by atoms with Gasteiger partial charge in [-0.3, -0.25) is 9.59 Å². The number of hydrogen-bond acceptors (Lipinski definition) is 6. The average Bonchev–Trinajstić information content (AvgIpc) is 3.34. The van der Waals surface area contributed by atoms with Crippen molar-refractivity contribution in [1.29, 1.82) is 0 Å². The number of ether oxygens (including phenoxy) is 4. The van der Waals surface area contributed by atoms with Gasteiger partial charge in [-0.2, -0.15) is 0 Å². The Bertz CT molecular complexity index is 1190. The number of methoxy groups -OCH3 is 2. The van der Waals surface area contributed by atoms with Crippen LogP contribution in [0.3, 0.4) is 0 Å². The van der Waals surface area contributed by atoms with E-state index < -0.39 is 11.9 Å². The Morgan fingerprint density at radius 2 is 1.53 bits per heavy atom. The molecule has 8 nitrogen and oxygen atoms in total. The van der Waals surface area contributed by atoms with Gasteiger partial charge in [-0.1, -0.05) is 18.2 Å². The maximum atomic E-state index is 13.1. The summed E-state index contributed by atoms with van der Waals surface area (Å²) in [5.74, 6) is 1.79. The molecule has 2 amide bonds. The quantitative estimate of drug-likeness (QED) is 0.495. The summed E-state index contributed by atoms with van der Waals surface area (Å²) in [4.78, 5) is 25.8. The van der Waals surface area contributed by atoms with E-state index in [1.54, 1.807) is 81.0 Å². The Morgan fingerprint density at radius 1 is 0.882 bits per heavy atom. The molecule has 1 aliphatic heterocycles. The van der Waals surface area contributed by atoms with Gasteiger partial charge in [-0.25, -0.2) is 0 Å². The lowest BCUT2D eigenvalue weighted by Gasteiger charge is -2.18. The van der Waals surface area contributed by atoms with Crippen LogP contribution in [0.4, 0.5) is 5.69 Å². The molecule has 34 heavy (non-hydrogen) atoms. The van der Waals surface area contributed by atoms with E-state index in [4.69, 9.17) is 18.9 Å². The highest BCUT2D eigenvalue weighted by atomic mass is 16.7. The van der Waals surface area contributed by atoms with Gasteiger partial charge in [-0.05, 0) is 65.7 Å². The van der Waals surface area contributed by atoms with Gasteiger partial charge >= 0.3 is 0 Å². The minimum absolute atomic E-state index is 0.176. The van der Waals surface area contributed by atoms with Crippen molar-refractivity contribution in [1.82, 2.24) is 5.32 Å². The number of carbonyl (C=O) groups is 2. The summed E-state index contributed by atoms with van der Waals surface area (Å²) in [6.07, 6.45) is 3.01. The summed E-state index contributed by atoms with van der Waals surface area (Å²) >= 11 is 0. The van der Waals surface area contributed by atoms with Crippen LogP contribution in [-0.2, 0) is 9.59 Å². The van der Waals surface area contributed by atoms with Crippen LogP contribution in [0.1, 0.15) is 17.2 Å². The van der Waals surface area contributed by atoms with Crippen molar-refractivity contribution in [3.05, 3.63) is 83.9 Å². The number of carbonyl (C=O) groups excluding carboxylic acids is 2. The molecule has 3 aromatic rings. The molecule has 0 bridgehead atoms. The van der Waals surface area contributed by atoms with Crippen LogP contribution in [0.5, 0.6) is 23.0 Å². The monoisotopic (exact) mass is 460 g/mol. The fourth-order valence-electron chi connectivity index (χ4n) is 3.36. The van der Waals surface area contributed by atoms with E-state index in [0.717, 1.165) is 5.56 Å². The van der Waals surface area contributed by atoms with Gasteiger partial charge in [0, 0.05) is 11.8 Å². The highest BCUT2D eigenvalue weighted by Crippen LogP contribution is 2.32. The van der Waals surface area contributed by atoms with Crippen molar-refractivity contribution in [2.24, 2.45) is 0 Å². The van der Waals surface area contributed by atoms with Gasteiger partial charge in [0.2, 0.25) is 12.7 Å². The van der Waals surface area contributed by atoms with Crippen molar-refractivity contribution in [3.63, 3.8) is 0 Å². The Morgan fingerprint density at radius 3 is 2.21 bits per heavy atom. The second kappa shape index (κ2) is 10.4. The molecule has 3 aromatic carbocycles. The van der Waals surface area contributed by atoms with Gasteiger partial charge in [0.05, 0.1) is 14.2 Å². The molecule has 1 unspecified atom stereocenters. The molecule has 1 atom stereocenters. The second-order valence-electron chi connectivity index (χ2n) is 7.38. The SMILES string of the molecule is COc1ccc(NC(=O)C(NC(=O)C=Cc2ccc3c(c2)OCO3)c2ccc(OC)cc2)cc1. The van der Waals surface area contributed by atoms with E-state index in [1.165, 1.54) is 6.08 Å². The maximum absolute atomic E-state index is 13.1. The Labute approximate surface area is 197 Å². The lowest BCUT2D eigenvalue weighted by molar-refractivity contribution is -0.123. The number of anilines is 1. The van der Waals surface area contributed by atoms with Gasteiger partial charge in [0.1, 0.15) is 17.5 Å². The number of fused-ring (bicyclic) bond motifs is 1. The Hall–Kier alpha value is -4.46. The molecule has 0 aliphatic carbocycles. The molecule has 1 aliphatic rings. The van der Waals surface area contributed by atoms with Crippen LogP contribution in [-0.4, -0.2) is 32.8 Å². The van der Waals surface area contributed by atoms with Crippen LogP contribution in [0, 0.1) is 0 Å². The summed E-state index contributed by atoms with van der Waals surface area (Å²) in [5, 5.41) is 5.61. The molecular formula is C26H24N2O6. The second-order valence-corrected chi connectivity index (χ2v) is 7.38. The first-order valence-electron chi connectivity index (χ1n) is 10.5. The van der Waals surface area contributed by atoms with E-state index in [-0.39, 0.29) is 12.7 Å². The molecule has 0 spiro atoms. The maximum Gasteiger partial charge on any atom is 0.251 e. The molecular weight excluding hydrogens is 436 g/mol. The lowest BCUT2D eigenvalue weighted by atomic mass is 10.1. The molecule has 1 heterocycles. The third-order valence-electron chi connectivity index (χ3n) is 5.18. The topological polar surface area (TPSA) is 95.1 Å². The van der Waals surface area contributed by atoms with E-state index in [2.05, 4.69) is 10.6 Å². The number of rotatable bonds is 8. The van der Waals surface area contributed by atoms with Crippen molar-refractivity contribution < 1.29 is 28.5 Å². The third kappa shape index (κ3) is 5.47. The van der Waals surface area contributed by atoms with Crippen molar-refractivity contribution in [2.75, 3.05) is 26.3 Å². The summed E-state index contributed by atoms with van der Waals surface area (Å²) in [7, 11) is 3.13. The zero-order valence-electron chi connectivity index (χ0n) is 18.7. The highest BCUT2D eigenvalue weighted by molar-refractivity contribution is 6.00. The van der Waals surface area contributed by atoms with Crippen LogP contribution >= 0.6 is 0 Å². The largest absolute Gasteiger partial charge is 0.497 e. The zero-order chi connectivity index (χ0) is 23.9. The molecule has 4 rings (SSSR count). The first-order valence-corrected chi connectivity index (χ1v) is 10.5. The number of benzene rings is 3. The third-order valence-corrected chi connectivity index (χ3v) is 5.18. The fraction of sp³-hybridized carbons (Fsp3) is 0.154. The lowest BCUT2D eigenvalue weighted by Crippen LogP contribution is -2.36. The smallest absolute Gasteiger partial charge is 0.251 e. The van der Waals surface area contributed by atoms with E-state index in [9.17, 15) is 9.59 Å². The molecule has 174 valence electrons. The molecule has 8 heteroatoms. The Kier molecular flexibility index (Phi) is 6.98. The minimum atomic E-state index is -0.929. The van der Waals surface area contributed by atoms with Crippen LogP contribution < -0.4 is 29.6 Å². The first-order chi connectivity index (χ1) is 16.6. The van der Waals surface area contributed by atoms with Crippen LogP contribution in [0.25, 0.3) is 6.08 Å². The van der Waals surface area contributed by atoms with Crippen molar-refractivity contribution in [2.45, 2.75) is 6.04 Å². The zero-order valence-corrected chi connectivity index (χ0v) is 18.7. The van der Waals surface area contributed by atoms with Gasteiger partial charge in [0.15, 0.2) is 11.5 Å². The summed E-state index contributed by atoms with van der Waals surface area (Å²) in [6, 6.07) is 18.3. The summed E-state index contributed by atoms with van der Waals surface area (Å²) in [5.41, 5.74) is 1.95. The van der Waals surface area contributed by atoms with Crippen LogP contribution in [0.15, 0.2) is 72.8 Å². The van der Waals surface area contributed by atoms with Crippen molar-refractivity contribution in [3.8, 4) is 23.0 Å². The summed E-state index contributed by atoms with van der Waals surface area (Å²) < 4.78 is 21.0. The molecule has 0 aromatic heterocycles. The average molecular weight is 460 g/mol. The molecule has 0 fully saturated rings. The molecule has 0 saturated heterocycles. The Balaban J connectivity index is 1.50. The van der Waals surface area contributed by atoms with Gasteiger partial charge in [-0.15, -0.1) is 0 Å². The minimum Gasteiger partial charge on any atom is -0.497 e. The summed E-state index contributed by atoms with van der Waals surface area (Å²) in [6.45, 7) is 0.176. The number of nitrogens with one attached hydrogen (secondary N) is 2.